The zero-order chi connectivity index (χ0) is 18.2. The number of unbranched alkanes of at least 4 members (excludes halogenated alkanes) is 8. The van der Waals surface area contributed by atoms with E-state index >= 15 is 0 Å². The molecule has 1 atom stereocenters. The lowest BCUT2D eigenvalue weighted by Crippen LogP contribution is -2.31. The number of hydrogen-bond acceptors (Lipinski definition) is 1. The molecule has 1 heterocycles. The second-order valence-corrected chi connectivity index (χ2v) is 8.02. The fraction of sp³-hybridized carbons (Fsp3) is 0.520. The third kappa shape index (κ3) is 4.90. The molecule has 1 aliphatic heterocycles. The lowest BCUT2D eigenvalue weighted by molar-refractivity contribution is 0.124. The number of benzene rings is 2. The van der Waals surface area contributed by atoms with E-state index in [0.29, 0.717) is 0 Å². The molecule has 2 aromatic rings. The number of hydrogen-bond donors (Lipinski definition) is 0. The topological polar surface area (TPSA) is 9.23 Å². The first-order valence-corrected chi connectivity index (χ1v) is 10.6. The summed E-state index contributed by atoms with van der Waals surface area (Å²) in [7, 11) is 0. The minimum absolute atomic E-state index is 0.156. The minimum atomic E-state index is -0.156. The summed E-state index contributed by atoms with van der Waals surface area (Å²) in [6, 6.07) is 12.9. The molecule has 0 aromatic heterocycles. The van der Waals surface area contributed by atoms with Crippen LogP contribution in [0.25, 0.3) is 16.8 Å². The summed E-state index contributed by atoms with van der Waals surface area (Å²) in [5.41, 5.74) is 1.07. The Morgan fingerprint density at radius 1 is 0.808 bits per heavy atom. The first-order valence-electron chi connectivity index (χ1n) is 10.6. The van der Waals surface area contributed by atoms with Crippen LogP contribution >= 0.6 is 0 Å². The Kier molecular flexibility index (Phi) is 6.77. The predicted octanol–water partition coefficient (Wildman–Crippen LogP) is 7.93. The molecule has 0 saturated heterocycles. The molecule has 2 aromatic carbocycles. The van der Waals surface area contributed by atoms with Gasteiger partial charge in [-0.2, -0.15) is 0 Å². The highest BCUT2D eigenvalue weighted by Crippen LogP contribution is 2.37. The van der Waals surface area contributed by atoms with E-state index in [0.717, 1.165) is 12.2 Å². The molecule has 0 spiro atoms. The fourth-order valence-electron chi connectivity index (χ4n) is 4.00. The average molecular weight is 351 g/mol. The Hall–Kier alpha value is -1.76. The van der Waals surface area contributed by atoms with Crippen LogP contribution in [0, 0.1) is 0 Å². The van der Waals surface area contributed by atoms with E-state index in [1.807, 2.05) is 0 Å². The quantitative estimate of drug-likeness (QED) is 0.395. The Morgan fingerprint density at radius 2 is 1.50 bits per heavy atom. The van der Waals surface area contributed by atoms with E-state index in [1.54, 1.807) is 0 Å². The SMILES string of the molecule is CCCCCCCCCCCC1(C)C=Cc2c(ccc3ccccc23)O1. The maximum absolute atomic E-state index is 6.41. The molecule has 1 heteroatoms. The number of rotatable bonds is 10. The highest BCUT2D eigenvalue weighted by molar-refractivity contribution is 5.93. The molecule has 1 unspecified atom stereocenters. The molecule has 0 N–H and O–H groups in total. The van der Waals surface area contributed by atoms with Crippen LogP contribution in [0.2, 0.25) is 0 Å². The summed E-state index contributed by atoms with van der Waals surface area (Å²) in [4.78, 5) is 0. The first kappa shape index (κ1) is 19.0. The van der Waals surface area contributed by atoms with E-state index in [-0.39, 0.29) is 5.60 Å². The van der Waals surface area contributed by atoms with Crippen LogP contribution < -0.4 is 4.74 Å². The highest BCUT2D eigenvalue weighted by Gasteiger charge is 2.27. The molecule has 1 aliphatic rings. The Bertz CT molecular complexity index is 730. The fourth-order valence-corrected chi connectivity index (χ4v) is 4.00. The van der Waals surface area contributed by atoms with Gasteiger partial charge in [0.2, 0.25) is 0 Å². The van der Waals surface area contributed by atoms with Gasteiger partial charge >= 0.3 is 0 Å². The van der Waals surface area contributed by atoms with Gasteiger partial charge in [-0.1, -0.05) is 94.7 Å². The monoisotopic (exact) mass is 350 g/mol. The van der Waals surface area contributed by atoms with Crippen LogP contribution in [0.4, 0.5) is 0 Å². The lowest BCUT2D eigenvalue weighted by Gasteiger charge is -2.32. The van der Waals surface area contributed by atoms with Gasteiger partial charge in [0.25, 0.3) is 0 Å². The van der Waals surface area contributed by atoms with Crippen molar-refractivity contribution in [3.05, 3.63) is 48.0 Å². The molecule has 0 bridgehead atoms. The van der Waals surface area contributed by atoms with Crippen molar-refractivity contribution in [1.29, 1.82) is 0 Å². The summed E-state index contributed by atoms with van der Waals surface area (Å²) >= 11 is 0. The Labute approximate surface area is 159 Å². The van der Waals surface area contributed by atoms with Crippen LogP contribution in [0.5, 0.6) is 5.75 Å². The van der Waals surface area contributed by atoms with Gasteiger partial charge in [-0.3, -0.25) is 0 Å². The van der Waals surface area contributed by atoms with Crippen LogP contribution in [-0.2, 0) is 0 Å². The predicted molar refractivity (Wildman–Crippen MR) is 114 cm³/mol. The summed E-state index contributed by atoms with van der Waals surface area (Å²) in [5.74, 6) is 1.03. The van der Waals surface area contributed by atoms with Gasteiger partial charge in [-0.15, -0.1) is 0 Å². The standard InChI is InChI=1S/C25H34O/c1-3-4-5-6-7-8-9-10-13-19-25(2)20-18-23-22-15-12-11-14-21(22)16-17-24(23)26-25/h11-12,14-18,20H,3-10,13,19H2,1-2H3. The normalized spacial score (nSPS) is 18.7. The molecule has 0 saturated carbocycles. The minimum Gasteiger partial charge on any atom is -0.483 e. The van der Waals surface area contributed by atoms with Crippen LogP contribution in [0.1, 0.15) is 83.6 Å². The maximum Gasteiger partial charge on any atom is 0.128 e. The number of fused-ring (bicyclic) bond motifs is 3. The van der Waals surface area contributed by atoms with Gasteiger partial charge in [0, 0.05) is 5.56 Å². The summed E-state index contributed by atoms with van der Waals surface area (Å²) < 4.78 is 6.41. The molecular formula is C25H34O. The summed E-state index contributed by atoms with van der Waals surface area (Å²) in [6.07, 6.45) is 18.0. The van der Waals surface area contributed by atoms with Crippen molar-refractivity contribution in [3.8, 4) is 5.75 Å². The second kappa shape index (κ2) is 9.26. The molecule has 3 rings (SSSR count). The first-order chi connectivity index (χ1) is 12.7. The summed E-state index contributed by atoms with van der Waals surface area (Å²) in [6.45, 7) is 4.51. The van der Waals surface area contributed by atoms with Crippen LogP contribution in [0.3, 0.4) is 0 Å². The molecule has 140 valence electrons. The van der Waals surface area contributed by atoms with E-state index < -0.39 is 0 Å². The largest absolute Gasteiger partial charge is 0.483 e. The molecule has 0 amide bonds. The van der Waals surface area contributed by atoms with Gasteiger partial charge < -0.3 is 4.74 Å². The smallest absolute Gasteiger partial charge is 0.128 e. The molecular weight excluding hydrogens is 316 g/mol. The average Bonchev–Trinajstić information content (AvgIpc) is 2.66. The zero-order valence-corrected chi connectivity index (χ0v) is 16.6. The molecule has 0 fully saturated rings. The van der Waals surface area contributed by atoms with Gasteiger partial charge in [0.15, 0.2) is 0 Å². The van der Waals surface area contributed by atoms with Gasteiger partial charge in [0.05, 0.1) is 0 Å². The van der Waals surface area contributed by atoms with E-state index in [9.17, 15) is 0 Å². The third-order valence-corrected chi connectivity index (χ3v) is 5.65. The van der Waals surface area contributed by atoms with Gasteiger partial charge in [0.1, 0.15) is 11.4 Å². The van der Waals surface area contributed by atoms with Crippen molar-refractivity contribution in [1.82, 2.24) is 0 Å². The van der Waals surface area contributed by atoms with Crippen LogP contribution in [0.15, 0.2) is 42.5 Å². The van der Waals surface area contributed by atoms with Crippen molar-refractivity contribution in [2.75, 3.05) is 0 Å². The van der Waals surface area contributed by atoms with Crippen molar-refractivity contribution < 1.29 is 4.74 Å². The Balaban J connectivity index is 1.46. The van der Waals surface area contributed by atoms with E-state index in [1.165, 1.54) is 74.1 Å². The van der Waals surface area contributed by atoms with Crippen molar-refractivity contribution in [3.63, 3.8) is 0 Å². The molecule has 26 heavy (non-hydrogen) atoms. The van der Waals surface area contributed by atoms with Crippen molar-refractivity contribution in [2.45, 2.75) is 83.7 Å². The zero-order valence-electron chi connectivity index (χ0n) is 16.6. The summed E-state index contributed by atoms with van der Waals surface area (Å²) in [5, 5.41) is 2.56. The second-order valence-electron chi connectivity index (χ2n) is 8.02. The maximum atomic E-state index is 6.41. The lowest BCUT2D eigenvalue weighted by atomic mass is 9.92. The van der Waals surface area contributed by atoms with Crippen molar-refractivity contribution in [2.24, 2.45) is 0 Å². The van der Waals surface area contributed by atoms with E-state index in [2.05, 4.69) is 62.4 Å². The third-order valence-electron chi connectivity index (χ3n) is 5.65. The van der Waals surface area contributed by atoms with Crippen molar-refractivity contribution >= 4 is 16.8 Å². The number of ether oxygens (including phenoxy) is 1. The van der Waals surface area contributed by atoms with Gasteiger partial charge in [-0.25, -0.2) is 0 Å². The van der Waals surface area contributed by atoms with E-state index in [4.69, 9.17) is 4.74 Å². The highest BCUT2D eigenvalue weighted by atomic mass is 16.5. The molecule has 0 aliphatic carbocycles. The van der Waals surface area contributed by atoms with Crippen LogP contribution in [-0.4, -0.2) is 5.60 Å². The molecule has 0 radical (unpaired) electrons. The molecule has 1 nitrogen and oxygen atoms in total. The Morgan fingerprint density at radius 3 is 2.27 bits per heavy atom. The van der Waals surface area contributed by atoms with Gasteiger partial charge in [-0.05, 0) is 42.7 Å².